The first-order valence-electron chi connectivity index (χ1n) is 7.21. The van der Waals surface area contributed by atoms with Gasteiger partial charge in [-0.3, -0.25) is 0 Å². The molecule has 0 aliphatic heterocycles. The third kappa shape index (κ3) is 3.59. The molecule has 0 unspecified atom stereocenters. The number of ether oxygens (including phenoxy) is 1. The highest BCUT2D eigenvalue weighted by molar-refractivity contribution is 7.99. The van der Waals surface area contributed by atoms with Crippen LogP contribution in [-0.4, -0.2) is 11.7 Å². The molecule has 0 N–H and O–H groups in total. The monoisotopic (exact) mass is 311 g/mol. The smallest absolute Gasteiger partial charge is 0.325 e. The number of rotatable bonds is 6. The van der Waals surface area contributed by atoms with Gasteiger partial charge in [-0.25, -0.2) is 9.13 Å². The Balaban J connectivity index is 1.89. The van der Waals surface area contributed by atoms with E-state index < -0.39 is 0 Å². The number of methoxy groups -OCH3 is 1. The SMILES string of the molecule is COCn1cc[n+](Cc2ccccc2)c1Sc1ccccc1. The highest BCUT2D eigenvalue weighted by Gasteiger charge is 2.18. The van der Waals surface area contributed by atoms with Crippen LogP contribution in [0, 0.1) is 0 Å². The van der Waals surface area contributed by atoms with E-state index in [0.717, 1.165) is 11.7 Å². The molecule has 3 rings (SSSR count). The van der Waals surface area contributed by atoms with Crippen molar-refractivity contribution in [2.24, 2.45) is 0 Å². The maximum absolute atomic E-state index is 5.31. The minimum atomic E-state index is 0.553. The Kier molecular flexibility index (Phi) is 4.93. The summed E-state index contributed by atoms with van der Waals surface area (Å²) in [7, 11) is 1.72. The Morgan fingerprint density at radius 2 is 1.68 bits per heavy atom. The second-order valence-corrected chi connectivity index (χ2v) is 6.04. The molecule has 3 nitrogen and oxygen atoms in total. The molecular formula is C18H19N2OS+. The van der Waals surface area contributed by atoms with Crippen LogP contribution < -0.4 is 4.57 Å². The van der Waals surface area contributed by atoms with Crippen LogP contribution in [0.3, 0.4) is 0 Å². The van der Waals surface area contributed by atoms with E-state index >= 15 is 0 Å². The Morgan fingerprint density at radius 1 is 1.00 bits per heavy atom. The zero-order valence-electron chi connectivity index (χ0n) is 12.6. The van der Waals surface area contributed by atoms with E-state index in [-0.39, 0.29) is 0 Å². The Labute approximate surface area is 135 Å². The van der Waals surface area contributed by atoms with Gasteiger partial charge < -0.3 is 4.74 Å². The number of aromatic nitrogens is 2. The van der Waals surface area contributed by atoms with Gasteiger partial charge in [-0.05, 0) is 29.5 Å². The van der Waals surface area contributed by atoms with Gasteiger partial charge >= 0.3 is 5.16 Å². The molecule has 4 heteroatoms. The zero-order valence-corrected chi connectivity index (χ0v) is 13.4. The summed E-state index contributed by atoms with van der Waals surface area (Å²) in [5.74, 6) is 0. The lowest BCUT2D eigenvalue weighted by molar-refractivity contribution is -0.725. The molecule has 0 atom stereocenters. The number of hydrogen-bond donors (Lipinski definition) is 0. The number of benzene rings is 2. The fourth-order valence-electron chi connectivity index (χ4n) is 2.30. The van der Waals surface area contributed by atoms with Crippen LogP contribution in [0.25, 0.3) is 0 Å². The van der Waals surface area contributed by atoms with Gasteiger partial charge in [-0.15, -0.1) is 0 Å². The molecule has 3 aromatic rings. The van der Waals surface area contributed by atoms with E-state index in [4.69, 9.17) is 4.74 Å². The molecule has 0 saturated heterocycles. The lowest BCUT2D eigenvalue weighted by Gasteiger charge is -2.05. The van der Waals surface area contributed by atoms with Crippen molar-refractivity contribution in [3.8, 4) is 0 Å². The third-order valence-corrected chi connectivity index (χ3v) is 4.49. The van der Waals surface area contributed by atoms with Crippen molar-refractivity contribution in [1.29, 1.82) is 0 Å². The third-order valence-electron chi connectivity index (χ3n) is 3.33. The minimum absolute atomic E-state index is 0.553. The molecule has 0 saturated carbocycles. The topological polar surface area (TPSA) is 18.0 Å². The number of hydrogen-bond acceptors (Lipinski definition) is 2. The second-order valence-electron chi connectivity index (χ2n) is 5.00. The van der Waals surface area contributed by atoms with E-state index in [1.165, 1.54) is 10.5 Å². The zero-order chi connectivity index (χ0) is 15.2. The first-order valence-corrected chi connectivity index (χ1v) is 8.03. The van der Waals surface area contributed by atoms with Gasteiger partial charge in [0.1, 0.15) is 18.9 Å². The highest BCUT2D eigenvalue weighted by Crippen LogP contribution is 2.25. The van der Waals surface area contributed by atoms with Gasteiger partial charge in [0.15, 0.2) is 6.73 Å². The van der Waals surface area contributed by atoms with Gasteiger partial charge in [0.05, 0.1) is 0 Å². The molecule has 0 spiro atoms. The Morgan fingerprint density at radius 3 is 2.36 bits per heavy atom. The summed E-state index contributed by atoms with van der Waals surface area (Å²) in [6.45, 7) is 1.41. The summed E-state index contributed by atoms with van der Waals surface area (Å²) in [5, 5.41) is 1.16. The number of imidazole rings is 1. The fraction of sp³-hybridized carbons (Fsp3) is 0.167. The summed E-state index contributed by atoms with van der Waals surface area (Å²) in [6.07, 6.45) is 4.18. The maximum atomic E-state index is 5.31. The molecule has 0 amide bonds. The van der Waals surface area contributed by atoms with E-state index in [2.05, 4.69) is 70.1 Å². The van der Waals surface area contributed by atoms with Gasteiger partial charge in [-0.2, -0.15) is 0 Å². The summed E-state index contributed by atoms with van der Waals surface area (Å²) < 4.78 is 9.69. The van der Waals surface area contributed by atoms with Crippen LogP contribution in [0.2, 0.25) is 0 Å². The van der Waals surface area contributed by atoms with Crippen molar-refractivity contribution in [2.75, 3.05) is 7.11 Å². The molecule has 112 valence electrons. The highest BCUT2D eigenvalue weighted by atomic mass is 32.2. The second kappa shape index (κ2) is 7.29. The molecule has 1 heterocycles. The first-order chi connectivity index (χ1) is 10.9. The Hall–Kier alpha value is -2.04. The van der Waals surface area contributed by atoms with Crippen molar-refractivity contribution in [3.05, 3.63) is 78.6 Å². The molecule has 0 aliphatic rings. The van der Waals surface area contributed by atoms with E-state index in [9.17, 15) is 0 Å². The molecule has 2 aromatic carbocycles. The summed E-state index contributed by atoms with van der Waals surface area (Å²) >= 11 is 1.75. The maximum Gasteiger partial charge on any atom is 0.325 e. The van der Waals surface area contributed by atoms with Gasteiger partial charge in [0.25, 0.3) is 0 Å². The summed E-state index contributed by atoms with van der Waals surface area (Å²) in [5.41, 5.74) is 1.29. The van der Waals surface area contributed by atoms with Crippen LogP contribution in [-0.2, 0) is 18.0 Å². The van der Waals surface area contributed by atoms with Gasteiger partial charge in [0, 0.05) is 12.0 Å². The first kappa shape index (κ1) is 14.9. The predicted molar refractivity (Wildman–Crippen MR) is 87.7 cm³/mol. The van der Waals surface area contributed by atoms with Crippen LogP contribution in [0.1, 0.15) is 5.56 Å². The van der Waals surface area contributed by atoms with Gasteiger partial charge in [-0.1, -0.05) is 48.5 Å². The van der Waals surface area contributed by atoms with Crippen LogP contribution in [0.5, 0.6) is 0 Å². The van der Waals surface area contributed by atoms with Crippen molar-refractivity contribution >= 4 is 11.8 Å². The average molecular weight is 311 g/mol. The van der Waals surface area contributed by atoms with Crippen molar-refractivity contribution in [2.45, 2.75) is 23.3 Å². The Bertz CT molecular complexity index is 710. The van der Waals surface area contributed by atoms with Crippen LogP contribution >= 0.6 is 11.8 Å². The average Bonchev–Trinajstić information content (AvgIpc) is 2.92. The normalized spacial score (nSPS) is 10.8. The molecular weight excluding hydrogens is 292 g/mol. The van der Waals surface area contributed by atoms with Crippen molar-refractivity contribution < 1.29 is 9.30 Å². The van der Waals surface area contributed by atoms with Crippen molar-refractivity contribution in [1.82, 2.24) is 4.57 Å². The van der Waals surface area contributed by atoms with Crippen molar-refractivity contribution in [3.63, 3.8) is 0 Å². The minimum Gasteiger partial charge on any atom is -0.345 e. The molecule has 0 aliphatic carbocycles. The van der Waals surface area contributed by atoms with Gasteiger partial charge in [0.2, 0.25) is 0 Å². The molecule has 0 fully saturated rings. The van der Waals surface area contributed by atoms with Crippen LogP contribution in [0.4, 0.5) is 0 Å². The summed E-state index contributed by atoms with van der Waals surface area (Å²) in [6, 6.07) is 20.9. The molecule has 0 radical (unpaired) electrons. The lowest BCUT2D eigenvalue weighted by atomic mass is 10.2. The lowest BCUT2D eigenvalue weighted by Crippen LogP contribution is -2.35. The summed E-state index contributed by atoms with van der Waals surface area (Å²) in [4.78, 5) is 1.22. The standard InChI is InChI=1S/C18H19N2OS/c1-21-15-20-13-12-19(14-16-8-4-2-5-9-16)18(20)22-17-10-6-3-7-11-17/h2-13H,14-15H2,1H3/q+1. The predicted octanol–water partition coefficient (Wildman–Crippen LogP) is 3.58. The molecule has 0 bridgehead atoms. The fourth-order valence-corrected chi connectivity index (χ4v) is 3.28. The van der Waals surface area contributed by atoms with E-state index in [1.807, 2.05) is 12.1 Å². The van der Waals surface area contributed by atoms with E-state index in [0.29, 0.717) is 6.73 Å². The largest absolute Gasteiger partial charge is 0.345 e. The quantitative estimate of drug-likeness (QED) is 0.648. The van der Waals surface area contributed by atoms with Crippen LogP contribution in [0.15, 0.2) is 83.1 Å². The molecule has 22 heavy (non-hydrogen) atoms. The van der Waals surface area contributed by atoms with E-state index in [1.54, 1.807) is 18.9 Å². The number of nitrogens with zero attached hydrogens (tertiary/aromatic N) is 2. The molecule has 1 aromatic heterocycles.